The van der Waals surface area contributed by atoms with Gasteiger partial charge in [0, 0.05) is 31.8 Å². The molecule has 0 saturated heterocycles. The highest BCUT2D eigenvalue weighted by Gasteiger charge is 2.45. The Morgan fingerprint density at radius 1 is 1.30 bits per heavy atom. The third kappa shape index (κ3) is 3.23. The fraction of sp³-hybridized carbons (Fsp3) is 0.400. The number of halogens is 2. The number of rotatable bonds is 2. The maximum Gasteiger partial charge on any atom is 0.162 e. The number of hydrogen-bond donors (Lipinski definition) is 1. The Hall–Kier alpha value is -2.00. The van der Waals surface area contributed by atoms with Crippen LogP contribution in [0.25, 0.3) is 0 Å². The van der Waals surface area contributed by atoms with Crippen molar-refractivity contribution in [3.8, 4) is 6.07 Å². The molecule has 7 heteroatoms. The molecule has 1 unspecified atom stereocenters. The molecule has 2 aliphatic rings. The van der Waals surface area contributed by atoms with E-state index in [1.54, 1.807) is 28.2 Å². The van der Waals surface area contributed by atoms with Crippen molar-refractivity contribution in [1.82, 2.24) is 10.0 Å². The molecule has 0 spiro atoms. The minimum atomic E-state index is -0.615. The molecule has 0 aromatic heterocycles. The first-order valence-corrected chi connectivity index (χ1v) is 9.42. The number of hydrazine groups is 1. The molecule has 0 radical (unpaired) electrons. The van der Waals surface area contributed by atoms with Gasteiger partial charge in [-0.15, -0.1) is 0 Å². The number of allylic oxidation sites excluding steroid dienone is 3. The Morgan fingerprint density at radius 2 is 1.96 bits per heavy atom. The van der Waals surface area contributed by atoms with Crippen LogP contribution >= 0.6 is 23.2 Å². The van der Waals surface area contributed by atoms with Crippen molar-refractivity contribution in [2.45, 2.75) is 32.6 Å². The maximum absolute atomic E-state index is 13.2. The number of benzene rings is 1. The van der Waals surface area contributed by atoms with Crippen LogP contribution in [0.15, 0.2) is 40.9 Å². The average Bonchev–Trinajstić information content (AvgIpc) is 2.55. The minimum absolute atomic E-state index is 0.00870. The third-order valence-corrected chi connectivity index (χ3v) is 5.88. The molecule has 3 rings (SSSR count). The van der Waals surface area contributed by atoms with E-state index in [-0.39, 0.29) is 11.2 Å². The molecule has 2 N–H and O–H groups in total. The highest BCUT2D eigenvalue weighted by molar-refractivity contribution is 6.42. The van der Waals surface area contributed by atoms with Crippen LogP contribution in [0.5, 0.6) is 0 Å². The molecule has 0 fully saturated rings. The van der Waals surface area contributed by atoms with Gasteiger partial charge in [0.05, 0.1) is 27.6 Å². The molecule has 1 heterocycles. The second-order valence-corrected chi connectivity index (χ2v) is 8.73. The van der Waals surface area contributed by atoms with Crippen LogP contribution in [0.1, 0.15) is 38.2 Å². The summed E-state index contributed by atoms with van der Waals surface area (Å²) in [6.07, 6.45) is 1.07. The molecule has 27 heavy (non-hydrogen) atoms. The fourth-order valence-corrected chi connectivity index (χ4v) is 4.42. The SMILES string of the molecule is CN(C)N1C(N)=C(C#N)C(c2cccc(Cl)c2Cl)C2=C1CC(C)(C)CC2=O. The number of nitrogens with zero attached hydrogens (tertiary/aromatic N) is 3. The lowest BCUT2D eigenvalue weighted by Gasteiger charge is -2.45. The summed E-state index contributed by atoms with van der Waals surface area (Å²) in [6.45, 7) is 4.12. The topological polar surface area (TPSA) is 73.4 Å². The van der Waals surface area contributed by atoms with Gasteiger partial charge in [0.2, 0.25) is 0 Å². The summed E-state index contributed by atoms with van der Waals surface area (Å²) in [6, 6.07) is 7.46. The minimum Gasteiger partial charge on any atom is -0.383 e. The van der Waals surface area contributed by atoms with E-state index in [0.29, 0.717) is 45.4 Å². The van der Waals surface area contributed by atoms with E-state index >= 15 is 0 Å². The Labute approximate surface area is 169 Å². The van der Waals surface area contributed by atoms with E-state index < -0.39 is 5.92 Å². The zero-order valence-electron chi connectivity index (χ0n) is 15.8. The Bertz CT molecular complexity index is 924. The predicted octanol–water partition coefficient (Wildman–Crippen LogP) is 4.21. The van der Waals surface area contributed by atoms with Gasteiger partial charge in [0.15, 0.2) is 5.78 Å². The second-order valence-electron chi connectivity index (χ2n) is 7.95. The Kier molecular flexibility index (Phi) is 5.02. The van der Waals surface area contributed by atoms with Gasteiger partial charge in [0.25, 0.3) is 0 Å². The summed E-state index contributed by atoms with van der Waals surface area (Å²) in [5.41, 5.74) is 8.55. The normalized spacial score (nSPS) is 22.2. The number of ketones is 1. The van der Waals surface area contributed by atoms with E-state index in [1.807, 2.05) is 14.1 Å². The number of nitriles is 1. The van der Waals surface area contributed by atoms with Gasteiger partial charge in [0.1, 0.15) is 5.82 Å². The molecule has 1 aromatic carbocycles. The summed E-state index contributed by atoms with van der Waals surface area (Å²) >= 11 is 12.7. The molecule has 1 aliphatic carbocycles. The van der Waals surface area contributed by atoms with Crippen LogP contribution in [0, 0.1) is 16.7 Å². The number of carbonyl (C=O) groups is 1. The lowest BCUT2D eigenvalue weighted by atomic mass is 9.69. The van der Waals surface area contributed by atoms with Crippen LogP contribution in [0.3, 0.4) is 0 Å². The molecule has 0 amide bonds. The lowest BCUT2D eigenvalue weighted by Crippen LogP contribution is -2.47. The number of hydrogen-bond acceptors (Lipinski definition) is 5. The van der Waals surface area contributed by atoms with Gasteiger partial charge in [-0.2, -0.15) is 5.26 Å². The second kappa shape index (κ2) is 6.87. The van der Waals surface area contributed by atoms with Gasteiger partial charge in [-0.3, -0.25) is 9.80 Å². The average molecular weight is 405 g/mol. The van der Waals surface area contributed by atoms with Gasteiger partial charge in [-0.25, -0.2) is 5.01 Å². The molecule has 5 nitrogen and oxygen atoms in total. The zero-order chi connectivity index (χ0) is 20.1. The lowest BCUT2D eigenvalue weighted by molar-refractivity contribution is -0.119. The maximum atomic E-state index is 13.2. The van der Waals surface area contributed by atoms with Crippen LogP contribution in [0.2, 0.25) is 10.0 Å². The van der Waals surface area contributed by atoms with Crippen LogP contribution < -0.4 is 5.73 Å². The third-order valence-electron chi connectivity index (χ3n) is 5.05. The van der Waals surface area contributed by atoms with Crippen LogP contribution in [-0.4, -0.2) is 29.9 Å². The summed E-state index contributed by atoms with van der Waals surface area (Å²) in [5.74, 6) is -0.293. The smallest absolute Gasteiger partial charge is 0.162 e. The summed E-state index contributed by atoms with van der Waals surface area (Å²) in [4.78, 5) is 13.2. The van der Waals surface area contributed by atoms with Gasteiger partial charge >= 0.3 is 0 Å². The van der Waals surface area contributed by atoms with E-state index in [9.17, 15) is 10.1 Å². The van der Waals surface area contributed by atoms with Crippen LogP contribution in [0.4, 0.5) is 0 Å². The molecule has 0 saturated carbocycles. The number of nitrogens with two attached hydrogens (primary N) is 1. The van der Waals surface area contributed by atoms with Crippen molar-refractivity contribution in [3.05, 3.63) is 56.5 Å². The van der Waals surface area contributed by atoms with Crippen molar-refractivity contribution in [1.29, 1.82) is 5.26 Å². The van der Waals surface area contributed by atoms with Crippen LogP contribution in [-0.2, 0) is 4.79 Å². The van der Waals surface area contributed by atoms with E-state index in [1.165, 1.54) is 0 Å². The zero-order valence-corrected chi connectivity index (χ0v) is 17.3. The van der Waals surface area contributed by atoms with Crippen molar-refractivity contribution in [2.24, 2.45) is 11.1 Å². The first-order valence-electron chi connectivity index (χ1n) is 8.66. The van der Waals surface area contributed by atoms with Crippen molar-refractivity contribution in [3.63, 3.8) is 0 Å². The van der Waals surface area contributed by atoms with E-state index in [4.69, 9.17) is 28.9 Å². The largest absolute Gasteiger partial charge is 0.383 e. The Morgan fingerprint density at radius 3 is 2.56 bits per heavy atom. The molecular formula is C20H22Cl2N4O. The van der Waals surface area contributed by atoms with Gasteiger partial charge < -0.3 is 5.73 Å². The fourth-order valence-electron chi connectivity index (χ4n) is 4.00. The van der Waals surface area contributed by atoms with Gasteiger partial charge in [-0.05, 0) is 23.5 Å². The van der Waals surface area contributed by atoms with Crippen molar-refractivity contribution >= 4 is 29.0 Å². The highest BCUT2D eigenvalue weighted by Crippen LogP contribution is 2.50. The Balaban J connectivity index is 2.34. The molecule has 1 atom stereocenters. The standard InChI is InChI=1S/C20H22Cl2N4O/c1-20(2)8-14-17(15(27)9-20)16(11-6-5-7-13(21)18(11)22)12(10-23)19(24)26(14)25(3)4/h5-7,16H,8-9,24H2,1-4H3. The highest BCUT2D eigenvalue weighted by atomic mass is 35.5. The van der Waals surface area contributed by atoms with E-state index in [2.05, 4.69) is 19.9 Å². The first kappa shape index (κ1) is 19.8. The summed E-state index contributed by atoms with van der Waals surface area (Å²) in [7, 11) is 3.68. The summed E-state index contributed by atoms with van der Waals surface area (Å²) < 4.78 is 0. The number of carbonyl (C=O) groups excluding carboxylic acids is 1. The monoisotopic (exact) mass is 404 g/mol. The predicted molar refractivity (Wildman–Crippen MR) is 107 cm³/mol. The molecule has 1 aromatic rings. The molecule has 0 bridgehead atoms. The van der Waals surface area contributed by atoms with Crippen molar-refractivity contribution < 1.29 is 4.79 Å². The quantitative estimate of drug-likeness (QED) is 0.798. The summed E-state index contributed by atoms with van der Waals surface area (Å²) in [5, 5.41) is 14.2. The van der Waals surface area contributed by atoms with E-state index in [0.717, 1.165) is 5.70 Å². The van der Waals surface area contributed by atoms with Crippen molar-refractivity contribution in [2.75, 3.05) is 14.1 Å². The molecule has 142 valence electrons. The van der Waals surface area contributed by atoms with Gasteiger partial charge in [-0.1, -0.05) is 49.2 Å². The first-order chi connectivity index (χ1) is 12.6. The number of Topliss-reactive ketones (excluding diaryl/α,β-unsaturated/α-hetero) is 1. The molecular weight excluding hydrogens is 383 g/mol. The molecule has 1 aliphatic heterocycles.